The number of hydrogen-bond donors (Lipinski definition) is 0. The van der Waals surface area contributed by atoms with Gasteiger partial charge in [-0.3, -0.25) is 0 Å². The van der Waals surface area contributed by atoms with Crippen molar-refractivity contribution in [1.82, 2.24) is 0 Å². The van der Waals surface area contributed by atoms with Crippen LogP contribution in [0.5, 0.6) is 0 Å². The van der Waals surface area contributed by atoms with E-state index in [0.717, 1.165) is 22.6 Å². The van der Waals surface area contributed by atoms with Crippen molar-refractivity contribution in [3.05, 3.63) is 68.7 Å². The first-order chi connectivity index (χ1) is 8.58. The molecule has 2 aromatic carbocycles. The summed E-state index contributed by atoms with van der Waals surface area (Å²) >= 11 is 21.8. The third kappa shape index (κ3) is 3.42. The molecule has 0 fully saturated rings. The highest BCUT2D eigenvalue weighted by atomic mass is 79.9. The summed E-state index contributed by atoms with van der Waals surface area (Å²) < 4.78 is 0. The van der Waals surface area contributed by atoms with Gasteiger partial charge in [0.25, 0.3) is 0 Å². The second kappa shape index (κ2) is 6.29. The van der Waals surface area contributed by atoms with E-state index in [1.807, 2.05) is 36.4 Å². The molecular weight excluding hydrogens is 354 g/mol. The van der Waals surface area contributed by atoms with Gasteiger partial charge >= 0.3 is 0 Å². The summed E-state index contributed by atoms with van der Waals surface area (Å²) in [6.07, 6.45) is 0.806. The molecule has 0 spiro atoms. The van der Waals surface area contributed by atoms with Gasteiger partial charge in [0.05, 0.1) is 10.0 Å². The van der Waals surface area contributed by atoms with Gasteiger partial charge in [0, 0.05) is 9.85 Å². The molecule has 0 bridgehead atoms. The molecule has 94 valence electrons. The van der Waals surface area contributed by atoms with Crippen LogP contribution in [0.25, 0.3) is 0 Å². The molecule has 0 saturated carbocycles. The van der Waals surface area contributed by atoms with Crippen LogP contribution >= 0.6 is 50.7 Å². The first-order valence-electron chi connectivity index (χ1n) is 5.40. The van der Waals surface area contributed by atoms with Crippen molar-refractivity contribution in [2.45, 2.75) is 11.2 Å². The molecule has 0 radical (unpaired) electrons. The molecule has 2 aromatic rings. The maximum atomic E-state index is 6.20. The number of hydrogen-bond acceptors (Lipinski definition) is 0. The normalized spacial score (nSPS) is 12.4. The van der Waals surface area contributed by atoms with Crippen molar-refractivity contribution >= 4 is 50.7 Å². The Morgan fingerprint density at radius 2 is 1.72 bits per heavy atom. The summed E-state index contributed by atoms with van der Waals surface area (Å²) in [6, 6.07) is 13.4. The van der Waals surface area contributed by atoms with Crippen LogP contribution in [0, 0.1) is 0 Å². The van der Waals surface area contributed by atoms with E-state index in [-0.39, 0.29) is 4.83 Å². The molecule has 1 atom stereocenters. The van der Waals surface area contributed by atoms with Gasteiger partial charge in [-0.15, -0.1) is 0 Å². The topological polar surface area (TPSA) is 0 Å². The number of benzene rings is 2. The minimum absolute atomic E-state index is 0.113. The molecule has 18 heavy (non-hydrogen) atoms. The Hall–Kier alpha value is -0.210. The summed E-state index contributed by atoms with van der Waals surface area (Å²) in [5, 5.41) is 1.91. The van der Waals surface area contributed by atoms with Crippen LogP contribution in [0.2, 0.25) is 15.1 Å². The highest BCUT2D eigenvalue weighted by molar-refractivity contribution is 9.09. The molecule has 4 heteroatoms. The first-order valence-corrected chi connectivity index (χ1v) is 7.45. The average Bonchev–Trinajstić information content (AvgIpc) is 2.32. The van der Waals surface area contributed by atoms with Crippen molar-refractivity contribution in [1.29, 1.82) is 0 Å². The van der Waals surface area contributed by atoms with Gasteiger partial charge in [0.15, 0.2) is 0 Å². The highest BCUT2D eigenvalue weighted by Gasteiger charge is 2.14. The molecule has 2 rings (SSSR count). The maximum absolute atomic E-state index is 6.20. The van der Waals surface area contributed by atoms with E-state index in [0.29, 0.717) is 10.0 Å². The average molecular weight is 364 g/mol. The molecule has 0 aliphatic heterocycles. The molecule has 0 amide bonds. The fourth-order valence-electron chi connectivity index (χ4n) is 1.74. The van der Waals surface area contributed by atoms with Gasteiger partial charge in [-0.05, 0) is 35.7 Å². The second-order valence-electron chi connectivity index (χ2n) is 3.94. The Morgan fingerprint density at radius 1 is 1.00 bits per heavy atom. The number of rotatable bonds is 3. The zero-order valence-electron chi connectivity index (χ0n) is 9.34. The second-order valence-corrected chi connectivity index (χ2v) is 6.27. The lowest BCUT2D eigenvalue weighted by Gasteiger charge is -2.13. The van der Waals surface area contributed by atoms with Crippen LogP contribution in [-0.2, 0) is 6.42 Å². The van der Waals surface area contributed by atoms with Crippen molar-refractivity contribution in [2.24, 2.45) is 0 Å². The number of alkyl halides is 1. The monoisotopic (exact) mass is 362 g/mol. The standard InChI is InChI=1S/C14H10BrCl3/c15-12(8-9-3-1-4-10(16)7-9)11-5-2-6-13(17)14(11)18/h1-7,12H,8H2. The van der Waals surface area contributed by atoms with E-state index in [1.54, 1.807) is 6.07 Å². The molecule has 0 N–H and O–H groups in total. The van der Waals surface area contributed by atoms with E-state index >= 15 is 0 Å². The summed E-state index contributed by atoms with van der Waals surface area (Å²) in [6.45, 7) is 0. The lowest BCUT2D eigenvalue weighted by molar-refractivity contribution is 0.949. The molecule has 0 aliphatic rings. The predicted molar refractivity (Wildman–Crippen MR) is 83.3 cm³/mol. The third-order valence-electron chi connectivity index (χ3n) is 2.62. The molecule has 0 heterocycles. The largest absolute Gasteiger partial charge is 0.0843 e. The van der Waals surface area contributed by atoms with Gasteiger partial charge in [0.1, 0.15) is 0 Å². The molecular formula is C14H10BrCl3. The smallest absolute Gasteiger partial charge is 0.0635 e. The zero-order chi connectivity index (χ0) is 13.1. The van der Waals surface area contributed by atoms with E-state index in [1.165, 1.54) is 0 Å². The summed E-state index contributed by atoms with van der Waals surface area (Å²) in [5.41, 5.74) is 2.14. The fraction of sp³-hybridized carbons (Fsp3) is 0.143. The Balaban J connectivity index is 2.22. The van der Waals surface area contributed by atoms with E-state index in [4.69, 9.17) is 34.8 Å². The van der Waals surface area contributed by atoms with Gasteiger partial charge in [0.2, 0.25) is 0 Å². The molecule has 0 saturated heterocycles. The fourth-order valence-corrected chi connectivity index (χ4v) is 3.28. The summed E-state index contributed by atoms with van der Waals surface area (Å²) in [5.74, 6) is 0. The molecule has 1 unspecified atom stereocenters. The number of halogens is 4. The van der Waals surface area contributed by atoms with Crippen LogP contribution in [0.4, 0.5) is 0 Å². The van der Waals surface area contributed by atoms with Crippen molar-refractivity contribution in [3.8, 4) is 0 Å². The zero-order valence-corrected chi connectivity index (χ0v) is 13.2. The Labute approximate surface area is 130 Å². The summed E-state index contributed by atoms with van der Waals surface area (Å²) in [7, 11) is 0. The lowest BCUT2D eigenvalue weighted by Crippen LogP contribution is -1.96. The SMILES string of the molecule is Clc1cccc(CC(Br)c2cccc(Cl)c2Cl)c1. The third-order valence-corrected chi connectivity index (χ3v) is 4.51. The minimum Gasteiger partial charge on any atom is -0.0843 e. The van der Waals surface area contributed by atoms with Crippen LogP contribution in [0.1, 0.15) is 16.0 Å². The van der Waals surface area contributed by atoms with Gasteiger partial charge in [-0.1, -0.05) is 75.0 Å². The van der Waals surface area contributed by atoms with Gasteiger partial charge < -0.3 is 0 Å². The predicted octanol–water partition coefficient (Wildman–Crippen LogP) is 6.33. The lowest BCUT2D eigenvalue weighted by atomic mass is 10.0. The van der Waals surface area contributed by atoms with Crippen LogP contribution in [0.15, 0.2) is 42.5 Å². The molecule has 0 nitrogen and oxygen atoms in total. The quantitative estimate of drug-likeness (QED) is 0.559. The van der Waals surface area contributed by atoms with Gasteiger partial charge in [-0.2, -0.15) is 0 Å². The van der Waals surface area contributed by atoms with E-state index < -0.39 is 0 Å². The van der Waals surface area contributed by atoms with Crippen LogP contribution < -0.4 is 0 Å². The van der Waals surface area contributed by atoms with Crippen molar-refractivity contribution < 1.29 is 0 Å². The Morgan fingerprint density at radius 3 is 2.44 bits per heavy atom. The van der Waals surface area contributed by atoms with E-state index in [9.17, 15) is 0 Å². The van der Waals surface area contributed by atoms with Crippen LogP contribution in [-0.4, -0.2) is 0 Å². The first kappa shape index (κ1) is 14.2. The maximum Gasteiger partial charge on any atom is 0.0635 e. The van der Waals surface area contributed by atoms with Crippen molar-refractivity contribution in [3.63, 3.8) is 0 Å². The Bertz CT molecular complexity index is 554. The minimum atomic E-state index is 0.113. The summed E-state index contributed by atoms with van der Waals surface area (Å²) in [4.78, 5) is 0.113. The Kier molecular flexibility index (Phi) is 4.97. The van der Waals surface area contributed by atoms with E-state index in [2.05, 4.69) is 15.9 Å². The molecule has 0 aromatic heterocycles. The highest BCUT2D eigenvalue weighted by Crippen LogP contribution is 2.36. The molecule has 0 aliphatic carbocycles. The van der Waals surface area contributed by atoms with Crippen LogP contribution in [0.3, 0.4) is 0 Å². The van der Waals surface area contributed by atoms with Gasteiger partial charge in [-0.25, -0.2) is 0 Å². The van der Waals surface area contributed by atoms with Crippen molar-refractivity contribution in [2.75, 3.05) is 0 Å².